The molecule has 0 N–H and O–H groups in total. The summed E-state index contributed by atoms with van der Waals surface area (Å²) in [5, 5.41) is 10.7. The van der Waals surface area contributed by atoms with Crippen LogP contribution in [0.4, 0.5) is 8.78 Å². The molecule has 0 saturated carbocycles. The van der Waals surface area contributed by atoms with E-state index in [-0.39, 0.29) is 27.0 Å². The van der Waals surface area contributed by atoms with Gasteiger partial charge in [0.1, 0.15) is 0 Å². The molecule has 0 aliphatic rings. The van der Waals surface area contributed by atoms with Crippen molar-refractivity contribution in [3.05, 3.63) is 51.7 Å². The first-order valence-electron chi connectivity index (χ1n) is 6.57. The summed E-state index contributed by atoms with van der Waals surface area (Å²) in [5.74, 6) is -1.75. The van der Waals surface area contributed by atoms with Crippen LogP contribution in [-0.4, -0.2) is 25.5 Å². The van der Waals surface area contributed by atoms with Gasteiger partial charge in [0.05, 0.1) is 22.8 Å². The first kappa shape index (κ1) is 17.6. The van der Waals surface area contributed by atoms with Crippen molar-refractivity contribution in [1.82, 2.24) is 0 Å². The van der Waals surface area contributed by atoms with E-state index in [0.717, 1.165) is 11.3 Å². The first-order valence-corrected chi connectivity index (χ1v) is 7.39. The van der Waals surface area contributed by atoms with Crippen LogP contribution in [0, 0.1) is 0 Å². The molecule has 0 aliphatic carbocycles. The summed E-state index contributed by atoms with van der Waals surface area (Å²) >= 11 is 0.810. The van der Waals surface area contributed by atoms with Crippen LogP contribution in [0.25, 0.3) is 6.08 Å². The lowest BCUT2D eigenvalue weighted by Gasteiger charge is -2.10. The SMILES string of the molecule is COc1cc(/C=C/C(=O)c2ccc(C(=O)[O-])s2)ccc1OC(F)F. The molecule has 24 heavy (non-hydrogen) atoms. The highest BCUT2D eigenvalue weighted by molar-refractivity contribution is 7.16. The molecule has 0 aliphatic heterocycles. The lowest BCUT2D eigenvalue weighted by Crippen LogP contribution is -2.20. The second kappa shape index (κ2) is 7.69. The molecule has 2 rings (SSSR count). The Hall–Kier alpha value is -2.74. The third-order valence-corrected chi connectivity index (χ3v) is 3.96. The van der Waals surface area contributed by atoms with Crippen molar-refractivity contribution < 1.29 is 33.0 Å². The molecule has 1 aromatic carbocycles. The van der Waals surface area contributed by atoms with E-state index in [9.17, 15) is 23.5 Å². The number of methoxy groups -OCH3 is 1. The zero-order valence-corrected chi connectivity index (χ0v) is 13.1. The fraction of sp³-hybridized carbons (Fsp3) is 0.125. The van der Waals surface area contributed by atoms with Gasteiger partial charge in [-0.25, -0.2) is 0 Å². The average molecular weight is 353 g/mol. The summed E-state index contributed by atoms with van der Waals surface area (Å²) in [6, 6.07) is 6.89. The van der Waals surface area contributed by atoms with Crippen molar-refractivity contribution in [1.29, 1.82) is 0 Å². The molecular weight excluding hydrogens is 342 g/mol. The van der Waals surface area contributed by atoms with Gasteiger partial charge in [0, 0.05) is 0 Å². The largest absolute Gasteiger partial charge is 0.544 e. The molecule has 0 fully saturated rings. The summed E-state index contributed by atoms with van der Waals surface area (Å²) < 4.78 is 33.8. The fourth-order valence-electron chi connectivity index (χ4n) is 1.82. The normalized spacial score (nSPS) is 11.0. The van der Waals surface area contributed by atoms with E-state index >= 15 is 0 Å². The molecule has 0 radical (unpaired) electrons. The molecule has 0 bridgehead atoms. The van der Waals surface area contributed by atoms with E-state index in [0.29, 0.717) is 5.56 Å². The zero-order chi connectivity index (χ0) is 17.7. The summed E-state index contributed by atoms with van der Waals surface area (Å²) in [5.41, 5.74) is 0.526. The van der Waals surface area contributed by atoms with Gasteiger partial charge >= 0.3 is 6.61 Å². The summed E-state index contributed by atoms with van der Waals surface area (Å²) in [6.07, 6.45) is 2.70. The second-order valence-corrected chi connectivity index (χ2v) is 5.52. The van der Waals surface area contributed by atoms with Gasteiger partial charge in [0.25, 0.3) is 0 Å². The highest BCUT2D eigenvalue weighted by Gasteiger charge is 2.11. The molecular formula is C16H11F2O5S-. The number of ketones is 1. The highest BCUT2D eigenvalue weighted by Crippen LogP contribution is 2.30. The minimum atomic E-state index is -2.97. The maximum Gasteiger partial charge on any atom is 0.387 e. The van der Waals surface area contributed by atoms with Gasteiger partial charge in [-0.05, 0) is 35.9 Å². The molecule has 0 spiro atoms. The van der Waals surface area contributed by atoms with Crippen LogP contribution in [0.3, 0.4) is 0 Å². The van der Waals surface area contributed by atoms with Gasteiger partial charge in [-0.2, -0.15) is 8.78 Å². The van der Waals surface area contributed by atoms with E-state index in [1.807, 2.05) is 0 Å². The van der Waals surface area contributed by atoms with Gasteiger partial charge in [0.15, 0.2) is 17.3 Å². The van der Waals surface area contributed by atoms with E-state index in [1.54, 1.807) is 0 Å². The van der Waals surface area contributed by atoms with Crippen molar-refractivity contribution in [2.45, 2.75) is 6.61 Å². The van der Waals surface area contributed by atoms with Crippen LogP contribution >= 0.6 is 11.3 Å². The van der Waals surface area contributed by atoms with E-state index in [4.69, 9.17) is 4.74 Å². The van der Waals surface area contributed by atoms with Crippen molar-refractivity contribution in [3.63, 3.8) is 0 Å². The molecule has 5 nitrogen and oxygen atoms in total. The predicted octanol–water partition coefficient (Wildman–Crippen LogP) is 2.62. The Kier molecular flexibility index (Phi) is 5.64. The first-order chi connectivity index (χ1) is 11.4. The smallest absolute Gasteiger partial charge is 0.387 e. The van der Waals surface area contributed by atoms with Crippen LogP contribution in [0.2, 0.25) is 0 Å². The lowest BCUT2D eigenvalue weighted by molar-refractivity contribution is -0.254. The van der Waals surface area contributed by atoms with E-state index in [2.05, 4.69) is 4.74 Å². The van der Waals surface area contributed by atoms with Crippen molar-refractivity contribution in [2.75, 3.05) is 7.11 Å². The van der Waals surface area contributed by atoms with Gasteiger partial charge < -0.3 is 19.4 Å². The number of carbonyl (C=O) groups is 2. The Morgan fingerprint density at radius 1 is 1.17 bits per heavy atom. The van der Waals surface area contributed by atoms with E-state index in [1.165, 1.54) is 49.6 Å². The monoisotopic (exact) mass is 353 g/mol. The number of hydrogen-bond donors (Lipinski definition) is 0. The molecule has 1 aromatic heterocycles. The number of carboxylic acids is 1. The van der Waals surface area contributed by atoms with Crippen LogP contribution in [0.5, 0.6) is 11.5 Å². The van der Waals surface area contributed by atoms with Crippen LogP contribution in [0.15, 0.2) is 36.4 Å². The third-order valence-electron chi connectivity index (χ3n) is 2.88. The molecule has 0 saturated heterocycles. The number of benzene rings is 1. The van der Waals surface area contributed by atoms with Crippen LogP contribution in [-0.2, 0) is 0 Å². The zero-order valence-electron chi connectivity index (χ0n) is 12.3. The minimum absolute atomic E-state index is 0.0399. The number of carbonyl (C=O) groups excluding carboxylic acids is 2. The number of ether oxygens (including phenoxy) is 2. The number of carboxylic acid groups (broad SMARTS) is 1. The molecule has 8 heteroatoms. The summed E-state index contributed by atoms with van der Waals surface area (Å²) in [4.78, 5) is 22.9. The third kappa shape index (κ3) is 4.39. The number of thiophene rings is 1. The number of rotatable bonds is 7. The topological polar surface area (TPSA) is 75.7 Å². The Bertz CT molecular complexity index is 783. The predicted molar refractivity (Wildman–Crippen MR) is 81.6 cm³/mol. The molecule has 1 heterocycles. The fourth-order valence-corrected chi connectivity index (χ4v) is 2.58. The van der Waals surface area contributed by atoms with Crippen molar-refractivity contribution in [2.24, 2.45) is 0 Å². The maximum atomic E-state index is 12.3. The Morgan fingerprint density at radius 3 is 2.46 bits per heavy atom. The van der Waals surface area contributed by atoms with Gasteiger partial charge in [0.2, 0.25) is 0 Å². The van der Waals surface area contributed by atoms with Gasteiger partial charge in [-0.15, -0.1) is 11.3 Å². The molecule has 0 amide bonds. The van der Waals surface area contributed by atoms with E-state index < -0.39 is 12.6 Å². The highest BCUT2D eigenvalue weighted by atomic mass is 32.1. The minimum Gasteiger partial charge on any atom is -0.544 e. The lowest BCUT2D eigenvalue weighted by atomic mass is 10.1. The number of hydrogen-bond acceptors (Lipinski definition) is 6. The molecule has 0 unspecified atom stereocenters. The average Bonchev–Trinajstić information content (AvgIpc) is 3.03. The van der Waals surface area contributed by atoms with Crippen LogP contribution in [0.1, 0.15) is 24.9 Å². The molecule has 2 aromatic rings. The van der Waals surface area contributed by atoms with Crippen molar-refractivity contribution in [3.8, 4) is 11.5 Å². The molecule has 0 atom stereocenters. The number of alkyl halides is 2. The summed E-state index contributed by atoms with van der Waals surface area (Å²) in [6.45, 7) is -2.97. The summed E-state index contributed by atoms with van der Waals surface area (Å²) in [7, 11) is 1.30. The van der Waals surface area contributed by atoms with Gasteiger partial charge in [-0.3, -0.25) is 4.79 Å². The Morgan fingerprint density at radius 2 is 1.88 bits per heavy atom. The molecule has 126 valence electrons. The van der Waals surface area contributed by atoms with Gasteiger partial charge in [-0.1, -0.05) is 12.1 Å². The quantitative estimate of drug-likeness (QED) is 0.565. The second-order valence-electron chi connectivity index (χ2n) is 4.44. The number of halogens is 2. The Balaban J connectivity index is 2.15. The Labute approximate surface area is 139 Å². The maximum absolute atomic E-state index is 12.3. The standard InChI is InChI=1S/C16H12F2O5S/c1-22-12-8-9(3-5-11(12)23-16(17)18)2-4-10(19)13-6-7-14(24-13)15(20)21/h2-8,16H,1H3,(H,20,21)/p-1/b4-2+. The van der Waals surface area contributed by atoms with Crippen molar-refractivity contribution >= 4 is 29.2 Å². The van der Waals surface area contributed by atoms with Crippen LogP contribution < -0.4 is 14.6 Å². The number of aromatic carboxylic acids is 1. The number of allylic oxidation sites excluding steroid dienone is 1.